The fourth-order valence-corrected chi connectivity index (χ4v) is 4.70. The molecule has 8 heteroatoms. The number of hydrogen-bond acceptors (Lipinski definition) is 4. The van der Waals surface area contributed by atoms with Crippen molar-refractivity contribution in [1.82, 2.24) is 10.2 Å². The molecule has 1 N–H and O–H groups in total. The van der Waals surface area contributed by atoms with Gasteiger partial charge in [-0.2, -0.15) is 0 Å². The number of rotatable bonds is 11. The van der Waals surface area contributed by atoms with E-state index in [1.165, 1.54) is 17.0 Å². The standard InChI is InChI=1S/C28H36ClFN2O4/c1-3-16-36-24-15-12-21(17-25(24)35-2)27(28(34)31-23-8-6-4-5-7-9-23)32(26(33)18-29)19-20-10-13-22(30)14-11-20/h10-15,17,23,27H,3-9,16,18-19H2,1-2H3,(H,31,34)/t27-/m0/s1. The third-order valence-corrected chi connectivity index (χ3v) is 6.66. The molecule has 0 unspecified atom stereocenters. The van der Waals surface area contributed by atoms with Crippen molar-refractivity contribution in [3.05, 3.63) is 59.4 Å². The van der Waals surface area contributed by atoms with E-state index in [1.54, 1.807) is 37.4 Å². The van der Waals surface area contributed by atoms with Gasteiger partial charge < -0.3 is 19.7 Å². The van der Waals surface area contributed by atoms with E-state index in [1.807, 2.05) is 6.92 Å². The van der Waals surface area contributed by atoms with Crippen molar-refractivity contribution >= 4 is 23.4 Å². The van der Waals surface area contributed by atoms with E-state index in [2.05, 4.69) is 5.32 Å². The van der Waals surface area contributed by atoms with E-state index >= 15 is 0 Å². The van der Waals surface area contributed by atoms with Crippen LogP contribution in [0, 0.1) is 5.82 Å². The molecule has 2 aromatic carbocycles. The summed E-state index contributed by atoms with van der Waals surface area (Å²) >= 11 is 6.00. The highest BCUT2D eigenvalue weighted by molar-refractivity contribution is 6.27. The van der Waals surface area contributed by atoms with Crippen LogP contribution in [-0.2, 0) is 16.1 Å². The summed E-state index contributed by atoms with van der Waals surface area (Å²) in [5.74, 6) is -0.278. The van der Waals surface area contributed by atoms with E-state index < -0.39 is 11.9 Å². The quantitative estimate of drug-likeness (QED) is 0.303. The lowest BCUT2D eigenvalue weighted by molar-refractivity contribution is -0.140. The number of carbonyl (C=O) groups excluding carboxylic acids is 2. The molecule has 0 aliphatic heterocycles. The number of nitrogens with one attached hydrogen (secondary N) is 1. The Kier molecular flexibility index (Phi) is 10.9. The molecule has 1 saturated carbocycles. The minimum absolute atomic E-state index is 0.0512. The maximum atomic E-state index is 13.8. The summed E-state index contributed by atoms with van der Waals surface area (Å²) in [5, 5.41) is 3.19. The summed E-state index contributed by atoms with van der Waals surface area (Å²) in [5.41, 5.74) is 1.28. The van der Waals surface area contributed by atoms with Crippen molar-refractivity contribution in [1.29, 1.82) is 0 Å². The molecule has 2 amide bonds. The molecule has 3 rings (SSSR count). The number of carbonyl (C=O) groups is 2. The van der Waals surface area contributed by atoms with Gasteiger partial charge in [0.25, 0.3) is 0 Å². The average Bonchev–Trinajstić information content (AvgIpc) is 3.16. The topological polar surface area (TPSA) is 67.9 Å². The van der Waals surface area contributed by atoms with E-state index in [0.29, 0.717) is 29.2 Å². The Morgan fingerprint density at radius 1 is 1.08 bits per heavy atom. The normalized spacial score (nSPS) is 15.0. The van der Waals surface area contributed by atoms with Crippen LogP contribution in [0.4, 0.5) is 4.39 Å². The first-order valence-electron chi connectivity index (χ1n) is 12.7. The van der Waals surface area contributed by atoms with Gasteiger partial charge in [0.15, 0.2) is 11.5 Å². The number of halogens is 2. The number of ether oxygens (including phenoxy) is 2. The van der Waals surface area contributed by atoms with Crippen LogP contribution in [0.1, 0.15) is 69.0 Å². The van der Waals surface area contributed by atoms with Gasteiger partial charge in [-0.25, -0.2) is 4.39 Å². The molecule has 1 fully saturated rings. The number of nitrogens with zero attached hydrogens (tertiary/aromatic N) is 1. The summed E-state index contributed by atoms with van der Waals surface area (Å²) in [4.78, 5) is 28.4. The predicted molar refractivity (Wildman–Crippen MR) is 139 cm³/mol. The monoisotopic (exact) mass is 518 g/mol. The Morgan fingerprint density at radius 3 is 2.39 bits per heavy atom. The highest BCUT2D eigenvalue weighted by Crippen LogP contribution is 2.34. The minimum atomic E-state index is -0.946. The molecule has 0 aromatic heterocycles. The van der Waals surface area contributed by atoms with Crippen molar-refractivity contribution in [2.75, 3.05) is 19.6 Å². The zero-order valence-corrected chi connectivity index (χ0v) is 21.9. The predicted octanol–water partition coefficient (Wildman–Crippen LogP) is 5.77. The second kappa shape index (κ2) is 14.1. The summed E-state index contributed by atoms with van der Waals surface area (Å²) in [6.45, 7) is 2.65. The molecule has 0 saturated heterocycles. The SMILES string of the molecule is CCCOc1ccc([C@@H](C(=O)NC2CCCCCC2)N(Cc2ccc(F)cc2)C(=O)CCl)cc1OC. The number of hydrogen-bond donors (Lipinski definition) is 1. The Balaban J connectivity index is 1.99. The van der Waals surface area contributed by atoms with Crippen molar-refractivity contribution in [2.45, 2.75) is 70.5 Å². The highest BCUT2D eigenvalue weighted by atomic mass is 35.5. The van der Waals surface area contributed by atoms with Crippen LogP contribution in [0.25, 0.3) is 0 Å². The van der Waals surface area contributed by atoms with Gasteiger partial charge in [-0.1, -0.05) is 50.8 Å². The van der Waals surface area contributed by atoms with Crippen molar-refractivity contribution in [3.8, 4) is 11.5 Å². The fourth-order valence-electron chi connectivity index (χ4n) is 4.55. The molecular formula is C28H36ClFN2O4. The molecule has 36 heavy (non-hydrogen) atoms. The zero-order chi connectivity index (χ0) is 25.9. The van der Waals surface area contributed by atoms with Gasteiger partial charge in [-0.05, 0) is 54.7 Å². The average molecular weight is 519 g/mol. The van der Waals surface area contributed by atoms with E-state index in [4.69, 9.17) is 21.1 Å². The van der Waals surface area contributed by atoms with Gasteiger partial charge in [0.1, 0.15) is 17.7 Å². The minimum Gasteiger partial charge on any atom is -0.493 e. The number of methoxy groups -OCH3 is 1. The largest absolute Gasteiger partial charge is 0.493 e. The van der Waals surface area contributed by atoms with Crippen LogP contribution in [0.2, 0.25) is 0 Å². The number of benzene rings is 2. The lowest BCUT2D eigenvalue weighted by Crippen LogP contribution is -2.46. The van der Waals surface area contributed by atoms with E-state index in [-0.39, 0.29) is 30.2 Å². The first-order chi connectivity index (χ1) is 17.5. The van der Waals surface area contributed by atoms with Gasteiger partial charge in [0, 0.05) is 12.6 Å². The molecule has 0 radical (unpaired) electrons. The second-order valence-electron chi connectivity index (χ2n) is 9.14. The fraction of sp³-hybridized carbons (Fsp3) is 0.500. The Labute approximate surface area is 218 Å². The molecule has 0 heterocycles. The summed E-state index contributed by atoms with van der Waals surface area (Å²) in [6, 6.07) is 10.3. The van der Waals surface area contributed by atoms with Gasteiger partial charge in [0.2, 0.25) is 11.8 Å². The van der Waals surface area contributed by atoms with Crippen LogP contribution in [0.5, 0.6) is 11.5 Å². The van der Waals surface area contributed by atoms with Crippen LogP contribution in [-0.4, -0.2) is 42.4 Å². The van der Waals surface area contributed by atoms with E-state index in [9.17, 15) is 14.0 Å². The molecule has 0 spiro atoms. The van der Waals surface area contributed by atoms with Crippen LogP contribution in [0.15, 0.2) is 42.5 Å². The van der Waals surface area contributed by atoms with Gasteiger partial charge in [-0.15, -0.1) is 11.6 Å². The molecule has 1 aliphatic carbocycles. The maximum Gasteiger partial charge on any atom is 0.247 e. The highest BCUT2D eigenvalue weighted by Gasteiger charge is 2.33. The van der Waals surface area contributed by atoms with Gasteiger partial charge in [0.05, 0.1) is 13.7 Å². The summed E-state index contributed by atoms with van der Waals surface area (Å²) in [7, 11) is 1.54. The lowest BCUT2D eigenvalue weighted by Gasteiger charge is -2.32. The van der Waals surface area contributed by atoms with Crippen LogP contribution < -0.4 is 14.8 Å². The van der Waals surface area contributed by atoms with Gasteiger partial charge in [-0.3, -0.25) is 9.59 Å². The van der Waals surface area contributed by atoms with E-state index in [0.717, 1.165) is 44.9 Å². The number of amides is 2. The molecule has 1 atom stereocenters. The van der Waals surface area contributed by atoms with Crippen LogP contribution >= 0.6 is 11.6 Å². The first-order valence-corrected chi connectivity index (χ1v) is 13.2. The Hall–Kier alpha value is -2.80. The molecule has 6 nitrogen and oxygen atoms in total. The molecule has 2 aromatic rings. The van der Waals surface area contributed by atoms with Crippen molar-refractivity contribution in [2.24, 2.45) is 0 Å². The maximum absolute atomic E-state index is 13.8. The summed E-state index contributed by atoms with van der Waals surface area (Å²) < 4.78 is 24.8. The Morgan fingerprint density at radius 2 is 1.78 bits per heavy atom. The third-order valence-electron chi connectivity index (χ3n) is 6.43. The zero-order valence-electron chi connectivity index (χ0n) is 21.1. The molecule has 196 valence electrons. The first kappa shape index (κ1) is 27.8. The molecule has 0 bridgehead atoms. The second-order valence-corrected chi connectivity index (χ2v) is 9.41. The molecule has 1 aliphatic rings. The number of alkyl halides is 1. The van der Waals surface area contributed by atoms with Crippen LogP contribution in [0.3, 0.4) is 0 Å². The van der Waals surface area contributed by atoms with Gasteiger partial charge >= 0.3 is 0 Å². The summed E-state index contributed by atoms with van der Waals surface area (Å²) in [6.07, 6.45) is 7.11. The Bertz CT molecular complexity index is 994. The van der Waals surface area contributed by atoms with Crippen molar-refractivity contribution in [3.63, 3.8) is 0 Å². The van der Waals surface area contributed by atoms with Crippen molar-refractivity contribution < 1.29 is 23.5 Å². The lowest BCUT2D eigenvalue weighted by atomic mass is 10.0. The molecular weight excluding hydrogens is 483 g/mol. The smallest absolute Gasteiger partial charge is 0.247 e. The third kappa shape index (κ3) is 7.60.